The molecule has 1 heterocycles. The molecule has 150 valence electrons. The third kappa shape index (κ3) is 5.60. The molecule has 2 rings (SSSR count). The summed E-state index contributed by atoms with van der Waals surface area (Å²) in [5.74, 6) is 1.75. The van der Waals surface area contributed by atoms with Gasteiger partial charge in [0, 0.05) is 26.2 Å². The van der Waals surface area contributed by atoms with Gasteiger partial charge in [-0.05, 0) is 11.6 Å². The second-order valence-electron chi connectivity index (χ2n) is 6.45. The monoisotopic (exact) mass is 393 g/mol. The Labute approximate surface area is 162 Å². The maximum absolute atomic E-state index is 12.9. The van der Waals surface area contributed by atoms with Crippen molar-refractivity contribution in [2.75, 3.05) is 26.2 Å². The van der Waals surface area contributed by atoms with E-state index in [0.29, 0.717) is 18.7 Å². The number of rotatable bonds is 7. The molecule has 5 nitrogen and oxygen atoms in total. The fourth-order valence-corrected chi connectivity index (χ4v) is 3.07. The molecule has 0 bridgehead atoms. The predicted molar refractivity (Wildman–Crippen MR) is 98.9 cm³/mol. The zero-order chi connectivity index (χ0) is 20.7. The Morgan fingerprint density at radius 2 is 2.21 bits per heavy atom. The van der Waals surface area contributed by atoms with E-state index in [0.717, 1.165) is 12.1 Å². The summed E-state index contributed by atoms with van der Waals surface area (Å²) in [6.45, 7) is 4.85. The highest BCUT2D eigenvalue weighted by Gasteiger charge is 2.34. The normalized spacial score (nSPS) is 17.5. The molecular weight excluding hydrogens is 371 g/mol. The van der Waals surface area contributed by atoms with Gasteiger partial charge in [-0.25, -0.2) is 0 Å². The van der Waals surface area contributed by atoms with Gasteiger partial charge in [0.15, 0.2) is 0 Å². The highest BCUT2D eigenvalue weighted by molar-refractivity contribution is 5.89. The average molecular weight is 393 g/mol. The van der Waals surface area contributed by atoms with E-state index in [1.807, 2.05) is 0 Å². The standard InChI is InChI=1S/C20H22F3N3O2/c1-3-9-25(10-4-2)18(27)13-17-19(28)24-8-11-26(17)14-15-6-5-7-16(12-15)20(21,22)23/h1,4-7,12,17H,2,8-11,13-14H2,(H,24,28). The molecule has 8 heteroatoms. The second-order valence-corrected chi connectivity index (χ2v) is 6.45. The van der Waals surface area contributed by atoms with Gasteiger partial charge >= 0.3 is 6.18 Å². The average Bonchev–Trinajstić information content (AvgIpc) is 2.64. The molecule has 2 amide bonds. The fourth-order valence-electron chi connectivity index (χ4n) is 3.07. The van der Waals surface area contributed by atoms with Crippen LogP contribution in [0.4, 0.5) is 13.2 Å². The maximum atomic E-state index is 12.9. The lowest BCUT2D eigenvalue weighted by atomic mass is 10.0. The van der Waals surface area contributed by atoms with E-state index in [9.17, 15) is 22.8 Å². The Balaban J connectivity index is 2.16. The van der Waals surface area contributed by atoms with Crippen molar-refractivity contribution < 1.29 is 22.8 Å². The van der Waals surface area contributed by atoms with E-state index in [1.165, 1.54) is 17.0 Å². The van der Waals surface area contributed by atoms with Gasteiger partial charge in [0.2, 0.25) is 11.8 Å². The Kier molecular flexibility index (Phi) is 7.24. The van der Waals surface area contributed by atoms with Crippen molar-refractivity contribution in [3.05, 3.63) is 48.0 Å². The Hall–Kier alpha value is -2.79. The Bertz CT molecular complexity index is 771. The van der Waals surface area contributed by atoms with Gasteiger partial charge in [-0.1, -0.05) is 30.2 Å². The lowest BCUT2D eigenvalue weighted by molar-refractivity contribution is -0.138. The summed E-state index contributed by atoms with van der Waals surface area (Å²) in [7, 11) is 0. The number of amides is 2. The first-order chi connectivity index (χ1) is 13.3. The molecule has 1 aromatic carbocycles. The Morgan fingerprint density at radius 1 is 1.46 bits per heavy atom. The molecule has 28 heavy (non-hydrogen) atoms. The summed E-state index contributed by atoms with van der Waals surface area (Å²) in [4.78, 5) is 28.0. The number of carbonyl (C=O) groups is 2. The van der Waals surface area contributed by atoms with Crippen LogP contribution in [0.2, 0.25) is 0 Å². The summed E-state index contributed by atoms with van der Waals surface area (Å²) in [5.41, 5.74) is -0.321. The number of halogens is 3. The number of hydrogen-bond donors (Lipinski definition) is 1. The van der Waals surface area contributed by atoms with Gasteiger partial charge in [0.25, 0.3) is 0 Å². The van der Waals surface area contributed by atoms with Crippen molar-refractivity contribution in [3.63, 3.8) is 0 Å². The maximum Gasteiger partial charge on any atom is 0.416 e. The van der Waals surface area contributed by atoms with Crippen LogP contribution in [-0.4, -0.2) is 53.8 Å². The van der Waals surface area contributed by atoms with Crippen molar-refractivity contribution in [1.29, 1.82) is 0 Å². The van der Waals surface area contributed by atoms with Gasteiger partial charge in [-0.2, -0.15) is 13.2 Å². The minimum Gasteiger partial charge on any atom is -0.353 e. The number of piperazine rings is 1. The van der Waals surface area contributed by atoms with E-state index in [-0.39, 0.29) is 37.9 Å². The van der Waals surface area contributed by atoms with Crippen LogP contribution in [0.3, 0.4) is 0 Å². The number of terminal acetylenes is 1. The van der Waals surface area contributed by atoms with Crippen molar-refractivity contribution in [2.24, 2.45) is 0 Å². The Morgan fingerprint density at radius 3 is 2.86 bits per heavy atom. The van der Waals surface area contributed by atoms with Crippen LogP contribution in [0, 0.1) is 12.3 Å². The summed E-state index contributed by atoms with van der Waals surface area (Å²) in [6, 6.07) is 4.19. The molecule has 1 fully saturated rings. The van der Waals surface area contributed by atoms with Crippen LogP contribution in [0.5, 0.6) is 0 Å². The molecule has 0 saturated carbocycles. The van der Waals surface area contributed by atoms with Gasteiger partial charge in [-0.15, -0.1) is 13.0 Å². The summed E-state index contributed by atoms with van der Waals surface area (Å²) in [6.07, 6.45) is 2.26. The predicted octanol–water partition coefficient (Wildman–Crippen LogP) is 2.04. The number of alkyl halides is 3. The van der Waals surface area contributed by atoms with E-state index in [4.69, 9.17) is 6.42 Å². The van der Waals surface area contributed by atoms with Gasteiger partial charge in [0.05, 0.1) is 24.6 Å². The third-order valence-electron chi connectivity index (χ3n) is 4.43. The molecule has 1 unspecified atom stereocenters. The molecule has 1 aliphatic heterocycles. The zero-order valence-corrected chi connectivity index (χ0v) is 15.3. The van der Waals surface area contributed by atoms with Crippen LogP contribution in [0.25, 0.3) is 0 Å². The largest absolute Gasteiger partial charge is 0.416 e. The lowest BCUT2D eigenvalue weighted by Crippen LogP contribution is -2.56. The molecule has 1 saturated heterocycles. The molecular formula is C20H22F3N3O2. The first-order valence-electron chi connectivity index (χ1n) is 8.76. The molecule has 0 radical (unpaired) electrons. The smallest absolute Gasteiger partial charge is 0.353 e. The topological polar surface area (TPSA) is 52.7 Å². The first-order valence-corrected chi connectivity index (χ1v) is 8.76. The van der Waals surface area contributed by atoms with Crippen LogP contribution in [0.1, 0.15) is 17.5 Å². The summed E-state index contributed by atoms with van der Waals surface area (Å²) < 4.78 is 38.8. The quantitative estimate of drug-likeness (QED) is 0.570. The molecule has 1 atom stereocenters. The fraction of sp³-hybridized carbons (Fsp3) is 0.400. The number of carbonyl (C=O) groups excluding carboxylic acids is 2. The van der Waals surface area contributed by atoms with Crippen LogP contribution < -0.4 is 5.32 Å². The minimum absolute atomic E-state index is 0.0901. The van der Waals surface area contributed by atoms with Crippen molar-refractivity contribution in [1.82, 2.24) is 15.1 Å². The molecule has 1 N–H and O–H groups in total. The summed E-state index contributed by atoms with van der Waals surface area (Å²) in [5, 5.41) is 2.70. The van der Waals surface area contributed by atoms with Crippen LogP contribution >= 0.6 is 0 Å². The first kappa shape index (κ1) is 21.5. The lowest BCUT2D eigenvalue weighted by Gasteiger charge is -2.35. The van der Waals surface area contributed by atoms with E-state index >= 15 is 0 Å². The van der Waals surface area contributed by atoms with Crippen molar-refractivity contribution >= 4 is 11.8 Å². The molecule has 0 spiro atoms. The summed E-state index contributed by atoms with van der Waals surface area (Å²) >= 11 is 0. The minimum atomic E-state index is -4.44. The van der Waals surface area contributed by atoms with E-state index in [2.05, 4.69) is 17.8 Å². The van der Waals surface area contributed by atoms with Gasteiger partial charge in [0.1, 0.15) is 0 Å². The molecule has 0 aliphatic carbocycles. The van der Waals surface area contributed by atoms with Crippen LogP contribution in [0.15, 0.2) is 36.9 Å². The SMILES string of the molecule is C#CCN(CC=C)C(=O)CC1C(=O)NCCN1Cc1cccc(C(F)(F)F)c1. The van der Waals surface area contributed by atoms with Crippen molar-refractivity contribution in [2.45, 2.75) is 25.2 Å². The highest BCUT2D eigenvalue weighted by atomic mass is 19.4. The molecule has 1 aromatic rings. The molecule has 1 aliphatic rings. The number of nitrogens with one attached hydrogen (secondary N) is 1. The zero-order valence-electron chi connectivity index (χ0n) is 15.3. The number of nitrogens with zero attached hydrogens (tertiary/aromatic N) is 2. The molecule has 0 aromatic heterocycles. The van der Waals surface area contributed by atoms with Gasteiger partial charge < -0.3 is 10.2 Å². The van der Waals surface area contributed by atoms with Crippen LogP contribution in [-0.2, 0) is 22.3 Å². The second kappa shape index (κ2) is 9.42. The third-order valence-corrected chi connectivity index (χ3v) is 4.43. The van der Waals surface area contributed by atoms with Crippen molar-refractivity contribution in [3.8, 4) is 12.3 Å². The van der Waals surface area contributed by atoms with E-state index in [1.54, 1.807) is 11.0 Å². The highest BCUT2D eigenvalue weighted by Crippen LogP contribution is 2.30. The van der Waals surface area contributed by atoms with E-state index < -0.39 is 17.8 Å². The number of hydrogen-bond acceptors (Lipinski definition) is 3. The number of benzene rings is 1. The van der Waals surface area contributed by atoms with Gasteiger partial charge in [-0.3, -0.25) is 14.5 Å².